The van der Waals surface area contributed by atoms with Gasteiger partial charge in [0.15, 0.2) is 0 Å². The van der Waals surface area contributed by atoms with E-state index in [-0.39, 0.29) is 0 Å². The van der Waals surface area contributed by atoms with Crippen LogP contribution in [0.15, 0.2) is 4.52 Å². The predicted octanol–water partition coefficient (Wildman–Crippen LogP) is 1.48. The first kappa shape index (κ1) is 8.53. The summed E-state index contributed by atoms with van der Waals surface area (Å²) in [6, 6.07) is 0. The lowest BCUT2D eigenvalue weighted by atomic mass is 9.83. The lowest BCUT2D eigenvalue weighted by Gasteiger charge is -2.23. The van der Waals surface area contributed by atoms with Crippen LogP contribution in [-0.4, -0.2) is 24.2 Å². The molecule has 1 aliphatic rings. The molecule has 1 aromatic rings. The van der Waals surface area contributed by atoms with Crippen molar-refractivity contribution >= 4 is 5.95 Å². The summed E-state index contributed by atoms with van der Waals surface area (Å²) in [6.07, 6.45) is 4.96. The largest absolute Gasteiger partial charge is 0.344 e. The molecule has 0 radical (unpaired) electrons. The van der Waals surface area contributed by atoms with Gasteiger partial charge < -0.3 is 9.42 Å². The van der Waals surface area contributed by atoms with Gasteiger partial charge in [0.2, 0.25) is 5.89 Å². The van der Waals surface area contributed by atoms with Crippen molar-refractivity contribution in [1.82, 2.24) is 10.1 Å². The topological polar surface area (TPSA) is 42.2 Å². The molecule has 1 fully saturated rings. The quantitative estimate of drug-likeness (QED) is 0.708. The van der Waals surface area contributed by atoms with Crippen molar-refractivity contribution < 1.29 is 4.52 Å². The summed E-state index contributed by atoms with van der Waals surface area (Å²) in [5.41, 5.74) is 0. The van der Waals surface area contributed by atoms with Crippen LogP contribution in [0.2, 0.25) is 0 Å². The van der Waals surface area contributed by atoms with E-state index in [2.05, 4.69) is 10.1 Å². The Labute approximate surface area is 77.9 Å². The normalized spacial score (nSPS) is 17.1. The summed E-state index contributed by atoms with van der Waals surface area (Å²) >= 11 is 0. The van der Waals surface area contributed by atoms with Crippen LogP contribution in [0.3, 0.4) is 0 Å². The van der Waals surface area contributed by atoms with Crippen LogP contribution in [0.4, 0.5) is 5.95 Å². The number of hydrogen-bond acceptors (Lipinski definition) is 4. The van der Waals surface area contributed by atoms with Crippen LogP contribution in [0.25, 0.3) is 0 Å². The molecule has 0 unspecified atom stereocenters. The van der Waals surface area contributed by atoms with E-state index in [4.69, 9.17) is 4.52 Å². The Morgan fingerprint density at radius 3 is 2.69 bits per heavy atom. The van der Waals surface area contributed by atoms with Crippen molar-refractivity contribution in [2.75, 3.05) is 19.0 Å². The first-order valence-electron chi connectivity index (χ1n) is 4.75. The summed E-state index contributed by atoms with van der Waals surface area (Å²) < 4.78 is 5.13. The molecule has 0 amide bonds. The van der Waals surface area contributed by atoms with Crippen molar-refractivity contribution in [3.8, 4) is 0 Å². The third kappa shape index (κ3) is 1.82. The molecule has 0 aromatic carbocycles. The summed E-state index contributed by atoms with van der Waals surface area (Å²) in [4.78, 5) is 6.13. The van der Waals surface area contributed by atoms with E-state index in [0.717, 1.165) is 18.2 Å². The third-order valence-corrected chi connectivity index (χ3v) is 2.55. The van der Waals surface area contributed by atoms with E-state index in [0.29, 0.717) is 5.95 Å². The van der Waals surface area contributed by atoms with E-state index in [1.165, 1.54) is 19.3 Å². The van der Waals surface area contributed by atoms with Gasteiger partial charge in [0.05, 0.1) is 0 Å². The molecule has 72 valence electrons. The molecular formula is C9H15N3O. The molecule has 0 bridgehead atoms. The third-order valence-electron chi connectivity index (χ3n) is 2.55. The molecule has 0 aliphatic heterocycles. The standard InChI is InChI=1S/C9H15N3O/c1-12(2)9-10-8(13-11-9)6-7-4-3-5-7/h7H,3-6H2,1-2H3. The minimum Gasteiger partial charge on any atom is -0.344 e. The minimum atomic E-state index is 0.675. The number of rotatable bonds is 3. The van der Waals surface area contributed by atoms with Crippen LogP contribution < -0.4 is 4.90 Å². The van der Waals surface area contributed by atoms with Crippen LogP contribution in [0, 0.1) is 5.92 Å². The number of anilines is 1. The Morgan fingerprint density at radius 1 is 1.46 bits per heavy atom. The second-order valence-corrected chi connectivity index (χ2v) is 3.88. The fraction of sp³-hybridized carbons (Fsp3) is 0.778. The van der Waals surface area contributed by atoms with E-state index < -0.39 is 0 Å². The first-order valence-corrected chi connectivity index (χ1v) is 4.75. The fourth-order valence-corrected chi connectivity index (χ4v) is 1.45. The Kier molecular flexibility index (Phi) is 2.20. The van der Waals surface area contributed by atoms with E-state index in [9.17, 15) is 0 Å². The molecule has 1 heterocycles. The van der Waals surface area contributed by atoms with E-state index >= 15 is 0 Å². The Balaban J connectivity index is 1.96. The fourth-order valence-electron chi connectivity index (χ4n) is 1.45. The molecule has 1 aromatic heterocycles. The smallest absolute Gasteiger partial charge is 0.265 e. The molecule has 0 saturated heterocycles. The molecule has 1 saturated carbocycles. The van der Waals surface area contributed by atoms with Crippen molar-refractivity contribution in [3.05, 3.63) is 5.89 Å². The van der Waals surface area contributed by atoms with Crippen LogP contribution in [0.5, 0.6) is 0 Å². The summed E-state index contributed by atoms with van der Waals surface area (Å²) in [6.45, 7) is 0. The van der Waals surface area contributed by atoms with Gasteiger partial charge in [-0.05, 0) is 23.9 Å². The van der Waals surface area contributed by atoms with Gasteiger partial charge in [-0.25, -0.2) is 0 Å². The van der Waals surface area contributed by atoms with Crippen LogP contribution >= 0.6 is 0 Å². The van der Waals surface area contributed by atoms with Crippen molar-refractivity contribution in [3.63, 3.8) is 0 Å². The first-order chi connectivity index (χ1) is 6.25. The lowest BCUT2D eigenvalue weighted by Crippen LogP contribution is -2.14. The maximum Gasteiger partial charge on any atom is 0.265 e. The van der Waals surface area contributed by atoms with Crippen molar-refractivity contribution in [2.24, 2.45) is 5.92 Å². The van der Waals surface area contributed by atoms with Crippen LogP contribution in [-0.2, 0) is 6.42 Å². The van der Waals surface area contributed by atoms with E-state index in [1.807, 2.05) is 19.0 Å². The highest BCUT2D eigenvalue weighted by molar-refractivity contribution is 5.23. The zero-order chi connectivity index (χ0) is 9.26. The number of hydrogen-bond donors (Lipinski definition) is 0. The predicted molar refractivity (Wildman–Crippen MR) is 49.7 cm³/mol. The van der Waals surface area contributed by atoms with Gasteiger partial charge in [0.1, 0.15) is 0 Å². The average Bonchev–Trinajstić information content (AvgIpc) is 2.44. The number of nitrogens with zero attached hydrogens (tertiary/aromatic N) is 3. The molecular weight excluding hydrogens is 166 g/mol. The SMILES string of the molecule is CN(C)c1noc(CC2CCC2)n1. The zero-order valence-electron chi connectivity index (χ0n) is 8.16. The molecule has 4 heteroatoms. The van der Waals surface area contributed by atoms with Crippen molar-refractivity contribution in [1.29, 1.82) is 0 Å². The van der Waals surface area contributed by atoms with Gasteiger partial charge in [-0.15, -0.1) is 0 Å². The molecule has 2 rings (SSSR count). The molecule has 4 nitrogen and oxygen atoms in total. The molecule has 0 atom stereocenters. The molecule has 13 heavy (non-hydrogen) atoms. The Bertz CT molecular complexity index is 278. The summed E-state index contributed by atoms with van der Waals surface area (Å²) in [5.74, 6) is 2.25. The highest BCUT2D eigenvalue weighted by Gasteiger charge is 2.20. The molecule has 0 spiro atoms. The van der Waals surface area contributed by atoms with E-state index in [1.54, 1.807) is 0 Å². The second-order valence-electron chi connectivity index (χ2n) is 3.88. The Morgan fingerprint density at radius 2 is 2.23 bits per heavy atom. The monoisotopic (exact) mass is 181 g/mol. The van der Waals surface area contributed by atoms with Gasteiger partial charge in [-0.1, -0.05) is 6.42 Å². The van der Waals surface area contributed by atoms with Crippen LogP contribution in [0.1, 0.15) is 25.2 Å². The van der Waals surface area contributed by atoms with Gasteiger partial charge in [0.25, 0.3) is 5.95 Å². The van der Waals surface area contributed by atoms with Gasteiger partial charge in [0, 0.05) is 20.5 Å². The summed E-state index contributed by atoms with van der Waals surface area (Å²) in [7, 11) is 3.83. The summed E-state index contributed by atoms with van der Waals surface area (Å²) in [5, 5.41) is 3.87. The minimum absolute atomic E-state index is 0.675. The van der Waals surface area contributed by atoms with Gasteiger partial charge >= 0.3 is 0 Å². The maximum atomic E-state index is 5.13. The Hall–Kier alpha value is -1.06. The highest BCUT2D eigenvalue weighted by atomic mass is 16.5. The number of aromatic nitrogens is 2. The van der Waals surface area contributed by atoms with Gasteiger partial charge in [-0.2, -0.15) is 4.98 Å². The average molecular weight is 181 g/mol. The zero-order valence-corrected chi connectivity index (χ0v) is 8.16. The van der Waals surface area contributed by atoms with Gasteiger partial charge in [-0.3, -0.25) is 0 Å². The second kappa shape index (κ2) is 3.36. The molecule has 0 N–H and O–H groups in total. The highest BCUT2D eigenvalue weighted by Crippen LogP contribution is 2.29. The van der Waals surface area contributed by atoms with Crippen molar-refractivity contribution in [2.45, 2.75) is 25.7 Å². The molecule has 1 aliphatic carbocycles. The maximum absolute atomic E-state index is 5.13. The lowest BCUT2D eigenvalue weighted by molar-refractivity contribution is 0.273.